The maximum absolute atomic E-state index is 11.2. The van der Waals surface area contributed by atoms with Crippen molar-refractivity contribution in [1.29, 1.82) is 0 Å². The molecule has 0 radical (unpaired) electrons. The first-order chi connectivity index (χ1) is 7.65. The van der Waals surface area contributed by atoms with Crippen molar-refractivity contribution in [3.8, 4) is 11.5 Å². The molecule has 6 heteroatoms. The second kappa shape index (κ2) is 2.88. The van der Waals surface area contributed by atoms with Crippen LogP contribution in [0.2, 0.25) is 0 Å². The number of phenols is 2. The number of hydrogen-bond donors (Lipinski definition) is 3. The van der Waals surface area contributed by atoms with E-state index in [2.05, 4.69) is 10.3 Å². The molecule has 2 aliphatic heterocycles. The quantitative estimate of drug-likeness (QED) is 0.537. The molecule has 1 fully saturated rings. The Balaban J connectivity index is 2.12. The number of carbonyl (C=O) groups is 1. The van der Waals surface area contributed by atoms with E-state index in [4.69, 9.17) is 0 Å². The molecule has 0 aromatic heterocycles. The Bertz CT molecular complexity index is 524. The molecule has 6 nitrogen and oxygen atoms in total. The number of carbonyl (C=O) groups excluding carboxylic acids is 1. The van der Waals surface area contributed by atoms with Crippen molar-refractivity contribution in [2.45, 2.75) is 6.54 Å². The first-order valence-electron chi connectivity index (χ1n) is 4.82. The van der Waals surface area contributed by atoms with Gasteiger partial charge in [-0.15, -0.1) is 0 Å². The number of aliphatic imine (C=N–C) groups is 1. The largest absolute Gasteiger partial charge is 0.504 e. The van der Waals surface area contributed by atoms with Crippen LogP contribution in [-0.4, -0.2) is 33.5 Å². The third-order valence-electron chi connectivity index (χ3n) is 2.70. The lowest BCUT2D eigenvalue weighted by Crippen LogP contribution is -2.32. The van der Waals surface area contributed by atoms with E-state index < -0.39 is 0 Å². The third-order valence-corrected chi connectivity index (χ3v) is 2.70. The Kier molecular flexibility index (Phi) is 1.62. The highest BCUT2D eigenvalue weighted by molar-refractivity contribution is 6.06. The van der Waals surface area contributed by atoms with Crippen LogP contribution in [0, 0.1) is 0 Å². The molecule has 3 rings (SSSR count). The lowest BCUT2D eigenvalue weighted by molar-refractivity contribution is -0.118. The van der Waals surface area contributed by atoms with Crippen LogP contribution in [0.5, 0.6) is 11.5 Å². The Labute approximate surface area is 90.8 Å². The predicted molar refractivity (Wildman–Crippen MR) is 55.4 cm³/mol. The van der Waals surface area contributed by atoms with E-state index in [9.17, 15) is 15.0 Å². The Morgan fingerprint density at radius 2 is 2.12 bits per heavy atom. The summed E-state index contributed by atoms with van der Waals surface area (Å²) in [5.41, 5.74) is 1.11. The summed E-state index contributed by atoms with van der Waals surface area (Å²) in [5, 5.41) is 21.7. The van der Waals surface area contributed by atoms with Crippen LogP contribution in [0.4, 0.5) is 5.69 Å². The molecule has 3 N–H and O–H groups in total. The number of amides is 1. The summed E-state index contributed by atoms with van der Waals surface area (Å²) < 4.78 is 0. The van der Waals surface area contributed by atoms with Crippen LogP contribution in [0.1, 0.15) is 5.56 Å². The molecule has 2 heterocycles. The zero-order chi connectivity index (χ0) is 11.3. The fraction of sp³-hybridized carbons (Fsp3) is 0.200. The highest BCUT2D eigenvalue weighted by Crippen LogP contribution is 2.39. The first kappa shape index (κ1) is 9.02. The van der Waals surface area contributed by atoms with Gasteiger partial charge in [0.05, 0.1) is 12.2 Å². The van der Waals surface area contributed by atoms with Crippen LogP contribution >= 0.6 is 0 Å². The number of nitrogens with one attached hydrogen (secondary N) is 1. The van der Waals surface area contributed by atoms with Crippen LogP contribution < -0.4 is 5.32 Å². The molecule has 1 aromatic carbocycles. The maximum Gasteiger partial charge on any atom is 0.246 e. The second-order valence-electron chi connectivity index (χ2n) is 3.77. The molecular weight excluding hydrogens is 210 g/mol. The minimum atomic E-state index is -0.170. The smallest absolute Gasteiger partial charge is 0.246 e. The van der Waals surface area contributed by atoms with E-state index in [-0.39, 0.29) is 24.0 Å². The van der Waals surface area contributed by atoms with Gasteiger partial charge in [0.25, 0.3) is 0 Å². The van der Waals surface area contributed by atoms with Gasteiger partial charge in [-0.3, -0.25) is 10.1 Å². The predicted octanol–water partition coefficient (Wildman–Crippen LogP) is 0.0307. The molecule has 2 aliphatic rings. The average Bonchev–Trinajstić information content (AvgIpc) is 2.61. The number of hydrogen-bond acceptors (Lipinski definition) is 5. The summed E-state index contributed by atoms with van der Waals surface area (Å²) in [6.07, 6.45) is 0. The van der Waals surface area contributed by atoms with Crippen molar-refractivity contribution in [3.63, 3.8) is 0 Å². The minimum absolute atomic E-state index is 0.115. The van der Waals surface area contributed by atoms with Gasteiger partial charge in [0, 0.05) is 5.56 Å². The van der Waals surface area contributed by atoms with Gasteiger partial charge in [0.1, 0.15) is 6.54 Å². The van der Waals surface area contributed by atoms with Gasteiger partial charge < -0.3 is 15.1 Å². The van der Waals surface area contributed by atoms with E-state index >= 15 is 0 Å². The highest BCUT2D eigenvalue weighted by atomic mass is 16.3. The Morgan fingerprint density at radius 1 is 1.31 bits per heavy atom. The van der Waals surface area contributed by atoms with E-state index in [1.54, 1.807) is 11.0 Å². The summed E-state index contributed by atoms with van der Waals surface area (Å²) in [7, 11) is 0. The van der Waals surface area contributed by atoms with Crippen molar-refractivity contribution in [3.05, 3.63) is 17.7 Å². The van der Waals surface area contributed by atoms with Gasteiger partial charge in [-0.1, -0.05) is 0 Å². The fourth-order valence-electron chi connectivity index (χ4n) is 1.90. The van der Waals surface area contributed by atoms with Gasteiger partial charge >= 0.3 is 0 Å². The number of rotatable bonds is 0. The molecular formula is C10H9N3O3. The lowest BCUT2D eigenvalue weighted by Gasteiger charge is -2.23. The standard InChI is InChI=1S/C10H9N3O3/c14-7-2-1-6-5(9(7)16)3-13-4-8(15)12-10(13)11-6/h1-2,14,16H,3-4H2,(H,11,12,15). The summed E-state index contributed by atoms with van der Waals surface area (Å²) >= 11 is 0. The number of aromatic hydroxyl groups is 2. The van der Waals surface area contributed by atoms with Gasteiger partial charge in [-0.05, 0) is 12.1 Å². The zero-order valence-electron chi connectivity index (χ0n) is 8.27. The molecule has 82 valence electrons. The molecule has 0 unspecified atom stereocenters. The summed E-state index contributed by atoms with van der Waals surface area (Å²) in [6.45, 7) is 0.598. The molecule has 0 spiro atoms. The van der Waals surface area contributed by atoms with Crippen LogP contribution in [-0.2, 0) is 11.3 Å². The zero-order valence-corrected chi connectivity index (χ0v) is 8.27. The molecule has 0 saturated carbocycles. The minimum Gasteiger partial charge on any atom is -0.504 e. The van der Waals surface area contributed by atoms with Gasteiger partial charge in [-0.25, -0.2) is 4.99 Å². The van der Waals surface area contributed by atoms with Crippen molar-refractivity contribution >= 4 is 17.6 Å². The highest BCUT2D eigenvalue weighted by Gasteiger charge is 2.30. The Hall–Kier alpha value is -2.24. The SMILES string of the molecule is O=C1CN2Cc3c(ccc(O)c3O)N=C2N1. The number of nitrogens with zero attached hydrogens (tertiary/aromatic N) is 2. The van der Waals surface area contributed by atoms with Gasteiger partial charge in [-0.2, -0.15) is 0 Å². The number of fused-ring (bicyclic) bond motifs is 2. The van der Waals surface area contributed by atoms with E-state index in [0.717, 1.165) is 0 Å². The molecule has 1 aromatic rings. The normalized spacial score (nSPS) is 17.6. The molecule has 0 bridgehead atoms. The third kappa shape index (κ3) is 1.13. The number of benzene rings is 1. The van der Waals surface area contributed by atoms with E-state index in [1.807, 2.05) is 0 Å². The summed E-state index contributed by atoms with van der Waals surface area (Å²) in [4.78, 5) is 17.1. The summed E-state index contributed by atoms with van der Waals surface area (Å²) in [5.74, 6) is 0.0494. The number of phenolic OH excluding ortho intramolecular Hbond substituents is 2. The summed E-state index contributed by atoms with van der Waals surface area (Å²) in [6, 6.07) is 2.99. The lowest BCUT2D eigenvalue weighted by atomic mass is 10.1. The van der Waals surface area contributed by atoms with Gasteiger partial charge in [0.15, 0.2) is 11.5 Å². The van der Waals surface area contributed by atoms with Crippen molar-refractivity contribution in [2.24, 2.45) is 4.99 Å². The van der Waals surface area contributed by atoms with Crippen molar-refractivity contribution in [2.75, 3.05) is 6.54 Å². The maximum atomic E-state index is 11.2. The molecule has 1 saturated heterocycles. The van der Waals surface area contributed by atoms with Crippen molar-refractivity contribution < 1.29 is 15.0 Å². The molecule has 0 aliphatic carbocycles. The average molecular weight is 219 g/mol. The first-order valence-corrected chi connectivity index (χ1v) is 4.82. The van der Waals surface area contributed by atoms with Crippen LogP contribution in [0.3, 0.4) is 0 Å². The fourth-order valence-corrected chi connectivity index (χ4v) is 1.90. The molecule has 0 atom stereocenters. The van der Waals surface area contributed by atoms with Crippen LogP contribution in [0.25, 0.3) is 0 Å². The van der Waals surface area contributed by atoms with E-state index in [0.29, 0.717) is 23.8 Å². The Morgan fingerprint density at radius 3 is 2.94 bits per heavy atom. The molecule has 1 amide bonds. The monoisotopic (exact) mass is 219 g/mol. The van der Waals surface area contributed by atoms with Gasteiger partial charge in [0.2, 0.25) is 11.9 Å². The van der Waals surface area contributed by atoms with Crippen LogP contribution in [0.15, 0.2) is 17.1 Å². The van der Waals surface area contributed by atoms with Crippen molar-refractivity contribution in [1.82, 2.24) is 10.2 Å². The number of guanidine groups is 1. The molecule has 16 heavy (non-hydrogen) atoms. The second-order valence-corrected chi connectivity index (χ2v) is 3.77. The van der Waals surface area contributed by atoms with E-state index in [1.165, 1.54) is 6.07 Å². The topological polar surface area (TPSA) is 85.2 Å².